The van der Waals surface area contributed by atoms with Crippen molar-refractivity contribution < 1.29 is 9.94 Å². The van der Waals surface area contributed by atoms with Crippen LogP contribution < -0.4 is 0 Å². The van der Waals surface area contributed by atoms with Crippen LogP contribution in [0.3, 0.4) is 0 Å². The van der Waals surface area contributed by atoms with E-state index in [4.69, 9.17) is 9.94 Å². The molecule has 3 heteroatoms. The van der Waals surface area contributed by atoms with Gasteiger partial charge in [-0.2, -0.15) is 5.06 Å². The van der Waals surface area contributed by atoms with Gasteiger partial charge in [-0.25, -0.2) is 0 Å². The molecule has 0 radical (unpaired) electrons. The maximum Gasteiger partial charge on any atom is 0.0958 e. The van der Waals surface area contributed by atoms with Crippen LogP contribution in [0.2, 0.25) is 0 Å². The van der Waals surface area contributed by atoms with Crippen molar-refractivity contribution in [3.8, 4) is 0 Å². The lowest BCUT2D eigenvalue weighted by Gasteiger charge is -2.21. The highest BCUT2D eigenvalue weighted by molar-refractivity contribution is 4.68. The molecule has 1 atom stereocenters. The number of hydrogen-bond acceptors (Lipinski definition) is 3. The van der Waals surface area contributed by atoms with Crippen LogP contribution in [0.4, 0.5) is 0 Å². The van der Waals surface area contributed by atoms with Crippen LogP contribution in [0.25, 0.3) is 0 Å². The number of nitrogens with zero attached hydrogens (tertiary/aromatic N) is 1. The third-order valence-corrected chi connectivity index (χ3v) is 1.98. The second-order valence-electron chi connectivity index (χ2n) is 4.65. The monoisotopic (exact) mass is 173 g/mol. The molecule has 1 heterocycles. The zero-order valence-electron chi connectivity index (χ0n) is 8.21. The maximum atomic E-state index is 9.16. The van der Waals surface area contributed by atoms with Crippen LogP contribution in [0.1, 0.15) is 27.2 Å². The summed E-state index contributed by atoms with van der Waals surface area (Å²) < 4.78 is 0. The molecule has 72 valence electrons. The van der Waals surface area contributed by atoms with Crippen molar-refractivity contribution in [1.82, 2.24) is 5.06 Å². The van der Waals surface area contributed by atoms with Crippen molar-refractivity contribution in [2.75, 3.05) is 19.7 Å². The molecule has 0 aromatic heterocycles. The van der Waals surface area contributed by atoms with Gasteiger partial charge in [0, 0.05) is 6.54 Å². The Morgan fingerprint density at radius 3 is 2.58 bits per heavy atom. The van der Waals surface area contributed by atoms with Gasteiger partial charge in [-0.15, -0.1) is 0 Å². The molecule has 0 amide bonds. The summed E-state index contributed by atoms with van der Waals surface area (Å²) in [5.74, 6) is 0. The van der Waals surface area contributed by atoms with E-state index in [1.54, 1.807) is 0 Å². The SMILES string of the molecule is CC(C)(C)CCN1C[C@@H](O)CO1. The normalized spacial score (nSPS) is 26.5. The van der Waals surface area contributed by atoms with Crippen LogP contribution in [0.15, 0.2) is 0 Å². The van der Waals surface area contributed by atoms with Crippen LogP contribution in [0.5, 0.6) is 0 Å². The average molecular weight is 173 g/mol. The zero-order chi connectivity index (χ0) is 9.19. The Morgan fingerprint density at radius 2 is 2.17 bits per heavy atom. The first-order chi connectivity index (χ1) is 5.47. The lowest BCUT2D eigenvalue weighted by atomic mass is 9.92. The highest BCUT2D eigenvalue weighted by Gasteiger charge is 2.22. The molecular formula is C9H19NO2. The molecule has 1 aliphatic rings. The fourth-order valence-electron chi connectivity index (χ4n) is 1.15. The second kappa shape index (κ2) is 3.73. The first kappa shape index (κ1) is 9.96. The fourth-order valence-corrected chi connectivity index (χ4v) is 1.15. The number of aliphatic hydroxyl groups is 1. The molecule has 1 saturated heterocycles. The smallest absolute Gasteiger partial charge is 0.0958 e. The molecule has 12 heavy (non-hydrogen) atoms. The number of rotatable bonds is 2. The highest BCUT2D eigenvalue weighted by Crippen LogP contribution is 2.19. The molecule has 0 unspecified atom stereocenters. The van der Waals surface area contributed by atoms with Gasteiger partial charge in [0.25, 0.3) is 0 Å². The van der Waals surface area contributed by atoms with Crippen LogP contribution in [-0.2, 0) is 4.84 Å². The van der Waals surface area contributed by atoms with E-state index < -0.39 is 0 Å². The van der Waals surface area contributed by atoms with E-state index in [1.807, 2.05) is 5.06 Å². The van der Waals surface area contributed by atoms with Gasteiger partial charge >= 0.3 is 0 Å². The minimum atomic E-state index is -0.287. The Bertz CT molecular complexity index is 142. The van der Waals surface area contributed by atoms with E-state index in [-0.39, 0.29) is 6.10 Å². The molecule has 0 aromatic rings. The summed E-state index contributed by atoms with van der Waals surface area (Å²) in [6.45, 7) is 8.67. The summed E-state index contributed by atoms with van der Waals surface area (Å²) in [5.41, 5.74) is 0.344. The van der Waals surface area contributed by atoms with Crippen molar-refractivity contribution in [2.45, 2.75) is 33.3 Å². The van der Waals surface area contributed by atoms with Crippen LogP contribution >= 0.6 is 0 Å². The molecular weight excluding hydrogens is 154 g/mol. The molecule has 0 saturated carbocycles. The van der Waals surface area contributed by atoms with Crippen LogP contribution in [0, 0.1) is 5.41 Å². The van der Waals surface area contributed by atoms with Gasteiger partial charge in [0.15, 0.2) is 0 Å². The van der Waals surface area contributed by atoms with Gasteiger partial charge in [-0.05, 0) is 11.8 Å². The van der Waals surface area contributed by atoms with Gasteiger partial charge in [0.05, 0.1) is 19.3 Å². The molecule has 0 bridgehead atoms. The summed E-state index contributed by atoms with van der Waals surface area (Å²) >= 11 is 0. The van der Waals surface area contributed by atoms with Gasteiger partial charge in [0.2, 0.25) is 0 Å². The minimum absolute atomic E-state index is 0.287. The second-order valence-corrected chi connectivity index (χ2v) is 4.65. The lowest BCUT2D eigenvalue weighted by molar-refractivity contribution is -0.114. The number of β-amino-alcohol motifs (C(OH)–C–C–N with tert-alkyl or cyclic N) is 1. The lowest BCUT2D eigenvalue weighted by Crippen LogP contribution is -2.25. The summed E-state index contributed by atoms with van der Waals surface area (Å²) in [4.78, 5) is 5.24. The number of hydroxylamine groups is 2. The van der Waals surface area contributed by atoms with E-state index in [9.17, 15) is 0 Å². The predicted molar refractivity (Wildman–Crippen MR) is 47.6 cm³/mol. The van der Waals surface area contributed by atoms with E-state index in [2.05, 4.69) is 20.8 Å². The Balaban J connectivity index is 2.16. The third kappa shape index (κ3) is 3.52. The van der Waals surface area contributed by atoms with Crippen LogP contribution in [-0.4, -0.2) is 36.0 Å². The van der Waals surface area contributed by atoms with Gasteiger partial charge in [-0.1, -0.05) is 20.8 Å². The Hall–Kier alpha value is -0.120. The summed E-state index contributed by atoms with van der Waals surface area (Å²) in [5, 5.41) is 11.0. The van der Waals surface area contributed by atoms with E-state index in [1.165, 1.54) is 0 Å². The molecule has 0 aliphatic carbocycles. The van der Waals surface area contributed by atoms with Crippen molar-refractivity contribution in [2.24, 2.45) is 5.41 Å². The Labute approximate surface area is 74.3 Å². The highest BCUT2D eigenvalue weighted by atomic mass is 16.7. The first-order valence-electron chi connectivity index (χ1n) is 4.53. The molecule has 1 rings (SSSR count). The van der Waals surface area contributed by atoms with Gasteiger partial charge in [-0.3, -0.25) is 4.84 Å². The van der Waals surface area contributed by atoms with Crippen molar-refractivity contribution >= 4 is 0 Å². The molecule has 0 aromatic carbocycles. The van der Waals surface area contributed by atoms with E-state index >= 15 is 0 Å². The molecule has 0 spiro atoms. The molecule has 1 fully saturated rings. The Kier molecular flexibility index (Phi) is 3.09. The first-order valence-corrected chi connectivity index (χ1v) is 4.53. The molecule has 1 aliphatic heterocycles. The van der Waals surface area contributed by atoms with Gasteiger partial charge in [0.1, 0.15) is 0 Å². The standard InChI is InChI=1S/C9H19NO2/c1-9(2,3)4-5-10-6-8(11)7-12-10/h8,11H,4-7H2,1-3H3/t8-/m1/s1. The van der Waals surface area contributed by atoms with Crippen molar-refractivity contribution in [3.63, 3.8) is 0 Å². The average Bonchev–Trinajstić information content (AvgIpc) is 2.30. The third-order valence-electron chi connectivity index (χ3n) is 1.98. The van der Waals surface area contributed by atoms with Gasteiger partial charge < -0.3 is 5.11 Å². The van der Waals surface area contributed by atoms with E-state index in [0.29, 0.717) is 18.6 Å². The summed E-state index contributed by atoms with van der Waals surface area (Å²) in [6.07, 6.45) is 0.810. The maximum absolute atomic E-state index is 9.16. The number of aliphatic hydroxyl groups excluding tert-OH is 1. The largest absolute Gasteiger partial charge is 0.389 e. The topological polar surface area (TPSA) is 32.7 Å². The predicted octanol–water partition coefficient (Wildman–Crippen LogP) is 1.03. The molecule has 1 N–H and O–H groups in total. The van der Waals surface area contributed by atoms with Crippen molar-refractivity contribution in [3.05, 3.63) is 0 Å². The quantitative estimate of drug-likeness (QED) is 0.677. The fraction of sp³-hybridized carbons (Fsp3) is 1.00. The minimum Gasteiger partial charge on any atom is -0.389 e. The Morgan fingerprint density at radius 1 is 1.50 bits per heavy atom. The van der Waals surface area contributed by atoms with Crippen molar-refractivity contribution in [1.29, 1.82) is 0 Å². The summed E-state index contributed by atoms with van der Waals surface area (Å²) in [7, 11) is 0. The molecule has 3 nitrogen and oxygen atoms in total. The van der Waals surface area contributed by atoms with E-state index in [0.717, 1.165) is 13.0 Å². The number of hydrogen-bond donors (Lipinski definition) is 1. The zero-order valence-corrected chi connectivity index (χ0v) is 8.21. The summed E-state index contributed by atoms with van der Waals surface area (Å²) in [6, 6.07) is 0.